The lowest BCUT2D eigenvalue weighted by Gasteiger charge is -2.35. The molecule has 1 saturated carbocycles. The van der Waals surface area contributed by atoms with Crippen LogP contribution in [-0.2, 0) is 11.2 Å². The molecule has 1 aliphatic carbocycles. The SMILES string of the molecule is CCC1CCC(O)(CNC(=O)CCc2ccccc2)CC1. The van der Waals surface area contributed by atoms with Crippen LogP contribution in [0.3, 0.4) is 0 Å². The average molecular weight is 289 g/mol. The fourth-order valence-electron chi connectivity index (χ4n) is 3.05. The first kappa shape index (κ1) is 16.0. The molecule has 2 rings (SSSR count). The number of benzene rings is 1. The van der Waals surface area contributed by atoms with Crippen LogP contribution in [0, 0.1) is 5.92 Å². The molecule has 116 valence electrons. The zero-order valence-corrected chi connectivity index (χ0v) is 13.0. The standard InChI is InChI=1S/C18H27NO2/c1-2-15-10-12-18(21,13-11-15)14-19-17(20)9-8-16-6-4-3-5-7-16/h3-7,15,21H,2,8-14H2,1H3,(H,19,20). The zero-order chi connectivity index (χ0) is 15.1. The molecular weight excluding hydrogens is 262 g/mol. The van der Waals surface area contributed by atoms with Crippen LogP contribution in [0.15, 0.2) is 30.3 Å². The third-order valence-corrected chi connectivity index (χ3v) is 4.71. The first-order valence-corrected chi connectivity index (χ1v) is 8.14. The molecule has 0 bridgehead atoms. The van der Waals surface area contributed by atoms with Crippen molar-refractivity contribution in [3.8, 4) is 0 Å². The number of rotatable bonds is 6. The Hall–Kier alpha value is -1.35. The summed E-state index contributed by atoms with van der Waals surface area (Å²) in [6, 6.07) is 10.0. The Kier molecular flexibility index (Phi) is 5.80. The lowest BCUT2D eigenvalue weighted by atomic mass is 9.78. The number of hydrogen-bond donors (Lipinski definition) is 2. The lowest BCUT2D eigenvalue weighted by molar-refractivity contribution is -0.122. The number of carbonyl (C=O) groups is 1. The molecule has 0 aliphatic heterocycles. The summed E-state index contributed by atoms with van der Waals surface area (Å²) >= 11 is 0. The Morgan fingerprint density at radius 1 is 1.29 bits per heavy atom. The first-order valence-electron chi connectivity index (χ1n) is 8.14. The minimum Gasteiger partial charge on any atom is -0.388 e. The van der Waals surface area contributed by atoms with Crippen molar-refractivity contribution in [1.29, 1.82) is 0 Å². The Bertz CT molecular complexity index is 436. The van der Waals surface area contributed by atoms with E-state index < -0.39 is 5.60 Å². The van der Waals surface area contributed by atoms with Crippen molar-refractivity contribution < 1.29 is 9.90 Å². The van der Waals surface area contributed by atoms with Crippen molar-refractivity contribution in [2.75, 3.05) is 6.54 Å². The van der Waals surface area contributed by atoms with Crippen LogP contribution in [-0.4, -0.2) is 23.2 Å². The topological polar surface area (TPSA) is 49.3 Å². The molecule has 0 saturated heterocycles. The van der Waals surface area contributed by atoms with Crippen LogP contribution in [0.1, 0.15) is 51.0 Å². The van der Waals surface area contributed by atoms with E-state index in [0.717, 1.165) is 38.0 Å². The summed E-state index contributed by atoms with van der Waals surface area (Å²) in [7, 11) is 0. The Morgan fingerprint density at radius 2 is 1.95 bits per heavy atom. The minimum atomic E-state index is -0.686. The van der Waals surface area contributed by atoms with Gasteiger partial charge in [0.05, 0.1) is 5.60 Å². The number of nitrogens with one attached hydrogen (secondary N) is 1. The molecule has 1 aromatic carbocycles. The van der Waals surface area contributed by atoms with E-state index in [4.69, 9.17) is 0 Å². The quantitative estimate of drug-likeness (QED) is 0.845. The molecule has 0 radical (unpaired) electrons. The maximum Gasteiger partial charge on any atom is 0.220 e. The molecule has 3 nitrogen and oxygen atoms in total. The molecule has 2 N–H and O–H groups in total. The predicted octanol–water partition coefficient (Wildman–Crippen LogP) is 3.07. The summed E-state index contributed by atoms with van der Waals surface area (Å²) in [6.07, 6.45) is 6.20. The lowest BCUT2D eigenvalue weighted by Crippen LogP contribution is -2.45. The van der Waals surface area contributed by atoms with Crippen molar-refractivity contribution in [2.24, 2.45) is 5.92 Å². The highest BCUT2D eigenvalue weighted by atomic mass is 16.3. The number of amides is 1. The summed E-state index contributed by atoms with van der Waals surface area (Å²) in [4.78, 5) is 11.9. The zero-order valence-electron chi connectivity index (χ0n) is 13.0. The van der Waals surface area contributed by atoms with E-state index in [1.165, 1.54) is 12.0 Å². The summed E-state index contributed by atoms with van der Waals surface area (Å²) < 4.78 is 0. The van der Waals surface area contributed by atoms with Crippen LogP contribution < -0.4 is 5.32 Å². The highest BCUT2D eigenvalue weighted by Crippen LogP contribution is 2.33. The van der Waals surface area contributed by atoms with Gasteiger partial charge in [-0.2, -0.15) is 0 Å². The minimum absolute atomic E-state index is 0.0323. The molecular formula is C18H27NO2. The largest absolute Gasteiger partial charge is 0.388 e. The summed E-state index contributed by atoms with van der Waals surface area (Å²) in [5.41, 5.74) is 0.489. The number of aliphatic hydroxyl groups is 1. The van der Waals surface area contributed by atoms with E-state index in [0.29, 0.717) is 13.0 Å². The Balaban J connectivity index is 1.69. The van der Waals surface area contributed by atoms with Gasteiger partial charge in [-0.05, 0) is 43.6 Å². The molecule has 3 heteroatoms. The van der Waals surface area contributed by atoms with Gasteiger partial charge in [0, 0.05) is 13.0 Å². The van der Waals surface area contributed by atoms with E-state index in [2.05, 4.69) is 12.2 Å². The van der Waals surface area contributed by atoms with Crippen LogP contribution in [0.5, 0.6) is 0 Å². The van der Waals surface area contributed by atoms with Crippen molar-refractivity contribution in [2.45, 2.75) is 57.5 Å². The van der Waals surface area contributed by atoms with Gasteiger partial charge in [-0.1, -0.05) is 43.7 Å². The van der Waals surface area contributed by atoms with Gasteiger partial charge in [0.2, 0.25) is 5.91 Å². The van der Waals surface area contributed by atoms with Gasteiger partial charge in [0.1, 0.15) is 0 Å². The third kappa shape index (κ3) is 5.16. The van der Waals surface area contributed by atoms with Crippen LogP contribution >= 0.6 is 0 Å². The van der Waals surface area contributed by atoms with Gasteiger partial charge in [0.15, 0.2) is 0 Å². The van der Waals surface area contributed by atoms with Crippen molar-refractivity contribution in [3.05, 3.63) is 35.9 Å². The summed E-state index contributed by atoms with van der Waals surface area (Å²) in [5, 5.41) is 13.4. The predicted molar refractivity (Wildman–Crippen MR) is 85.0 cm³/mol. The van der Waals surface area contributed by atoms with Gasteiger partial charge in [-0.15, -0.1) is 0 Å². The smallest absolute Gasteiger partial charge is 0.220 e. The Labute approximate surface area is 127 Å². The van der Waals surface area contributed by atoms with E-state index >= 15 is 0 Å². The number of carbonyl (C=O) groups excluding carboxylic acids is 1. The average Bonchev–Trinajstić information content (AvgIpc) is 2.53. The van der Waals surface area contributed by atoms with E-state index in [9.17, 15) is 9.90 Å². The van der Waals surface area contributed by atoms with Gasteiger partial charge < -0.3 is 10.4 Å². The van der Waals surface area contributed by atoms with Crippen LogP contribution in [0.2, 0.25) is 0 Å². The normalized spacial score (nSPS) is 25.5. The molecule has 1 aliphatic rings. The molecule has 0 spiro atoms. The summed E-state index contributed by atoms with van der Waals surface area (Å²) in [5.74, 6) is 0.781. The van der Waals surface area contributed by atoms with Crippen LogP contribution in [0.25, 0.3) is 0 Å². The second kappa shape index (κ2) is 7.60. The molecule has 0 heterocycles. The fraction of sp³-hybridized carbons (Fsp3) is 0.611. The molecule has 0 aromatic heterocycles. The van der Waals surface area contributed by atoms with E-state index in [1.54, 1.807) is 0 Å². The molecule has 0 atom stereocenters. The molecule has 0 unspecified atom stereocenters. The van der Waals surface area contributed by atoms with Crippen molar-refractivity contribution in [3.63, 3.8) is 0 Å². The molecule has 1 amide bonds. The molecule has 21 heavy (non-hydrogen) atoms. The van der Waals surface area contributed by atoms with E-state index in [1.807, 2.05) is 30.3 Å². The van der Waals surface area contributed by atoms with Gasteiger partial charge in [-0.3, -0.25) is 4.79 Å². The number of hydrogen-bond acceptors (Lipinski definition) is 2. The fourth-order valence-corrected chi connectivity index (χ4v) is 3.05. The third-order valence-electron chi connectivity index (χ3n) is 4.71. The Morgan fingerprint density at radius 3 is 2.57 bits per heavy atom. The highest BCUT2D eigenvalue weighted by molar-refractivity contribution is 5.76. The number of aryl methyl sites for hydroxylation is 1. The second-order valence-corrected chi connectivity index (χ2v) is 6.34. The highest BCUT2D eigenvalue weighted by Gasteiger charge is 2.32. The second-order valence-electron chi connectivity index (χ2n) is 6.34. The van der Waals surface area contributed by atoms with Gasteiger partial charge >= 0.3 is 0 Å². The monoisotopic (exact) mass is 289 g/mol. The molecule has 1 fully saturated rings. The summed E-state index contributed by atoms with van der Waals surface area (Å²) in [6.45, 7) is 2.61. The van der Waals surface area contributed by atoms with Gasteiger partial charge in [0.25, 0.3) is 0 Å². The van der Waals surface area contributed by atoms with Crippen LogP contribution in [0.4, 0.5) is 0 Å². The van der Waals surface area contributed by atoms with Gasteiger partial charge in [-0.25, -0.2) is 0 Å². The first-order chi connectivity index (χ1) is 10.1. The maximum absolute atomic E-state index is 11.9. The van der Waals surface area contributed by atoms with Crippen molar-refractivity contribution >= 4 is 5.91 Å². The maximum atomic E-state index is 11.9. The van der Waals surface area contributed by atoms with Crippen molar-refractivity contribution in [1.82, 2.24) is 5.32 Å². The van der Waals surface area contributed by atoms with E-state index in [-0.39, 0.29) is 5.91 Å². The molecule has 1 aromatic rings.